The van der Waals surface area contributed by atoms with Crippen molar-refractivity contribution in [2.24, 2.45) is 0 Å². The molecule has 8 heteroatoms. The molecular weight excluding hydrogens is 276 g/mol. The second kappa shape index (κ2) is 6.01. The Hall–Kier alpha value is -1.28. The highest BCUT2D eigenvalue weighted by Gasteiger charge is 2.30. The van der Waals surface area contributed by atoms with Gasteiger partial charge >= 0.3 is 0 Å². The number of nitrogen functional groups attached to an aromatic ring is 1. The lowest BCUT2D eigenvalue weighted by Crippen LogP contribution is -2.49. The Kier molecular flexibility index (Phi) is 4.54. The van der Waals surface area contributed by atoms with Crippen LogP contribution in [0, 0.1) is 0 Å². The molecule has 3 atom stereocenters. The van der Waals surface area contributed by atoms with Gasteiger partial charge in [0.1, 0.15) is 5.82 Å². The van der Waals surface area contributed by atoms with Crippen molar-refractivity contribution in [2.45, 2.75) is 31.7 Å². The highest BCUT2D eigenvalue weighted by atomic mass is 32.2. The summed E-state index contributed by atoms with van der Waals surface area (Å²) in [5.41, 5.74) is 5.73. The van der Waals surface area contributed by atoms with Crippen molar-refractivity contribution in [1.82, 2.24) is 19.9 Å². The molecule has 1 saturated heterocycles. The molecule has 1 aliphatic heterocycles. The van der Waals surface area contributed by atoms with Crippen molar-refractivity contribution >= 4 is 22.7 Å². The van der Waals surface area contributed by atoms with Crippen LogP contribution in [0.4, 0.5) is 11.9 Å². The normalized spacial score (nSPS) is 27.5. The van der Waals surface area contributed by atoms with E-state index in [0.717, 1.165) is 6.54 Å². The molecule has 7 nitrogen and oxygen atoms in total. The smallest absolute Gasteiger partial charge is 0.229 e. The average Bonchev–Trinajstić information content (AvgIpc) is 2.39. The Morgan fingerprint density at radius 2 is 2.05 bits per heavy atom. The van der Waals surface area contributed by atoms with Crippen LogP contribution in [-0.2, 0) is 17.3 Å². The van der Waals surface area contributed by atoms with E-state index in [0.29, 0.717) is 24.1 Å². The molecule has 2 heterocycles. The average molecular weight is 298 g/mol. The third kappa shape index (κ3) is 3.24. The van der Waals surface area contributed by atoms with Crippen LogP contribution < -0.4 is 10.6 Å². The fourth-order valence-electron chi connectivity index (χ4n) is 2.21. The van der Waals surface area contributed by atoms with Crippen molar-refractivity contribution < 1.29 is 4.21 Å². The van der Waals surface area contributed by atoms with Gasteiger partial charge < -0.3 is 10.6 Å². The van der Waals surface area contributed by atoms with E-state index < -0.39 is 10.8 Å². The first-order valence-electron chi connectivity index (χ1n) is 6.67. The molecule has 0 unspecified atom stereocenters. The van der Waals surface area contributed by atoms with Crippen LogP contribution in [0.5, 0.6) is 0 Å². The van der Waals surface area contributed by atoms with Gasteiger partial charge in [0.05, 0.1) is 6.54 Å². The molecule has 0 bridgehead atoms. The van der Waals surface area contributed by atoms with Gasteiger partial charge in [-0.25, -0.2) is 0 Å². The summed E-state index contributed by atoms with van der Waals surface area (Å²) >= 11 is 0. The number of nitrogens with two attached hydrogens (primary N) is 1. The van der Waals surface area contributed by atoms with E-state index in [1.807, 2.05) is 21.0 Å². The fraction of sp³-hybridized carbons (Fsp3) is 0.750. The van der Waals surface area contributed by atoms with E-state index in [4.69, 9.17) is 5.73 Å². The Balaban J connectivity index is 2.15. The summed E-state index contributed by atoms with van der Waals surface area (Å²) in [7, 11) is 3.00. The SMILES string of the molecule is C[C@@H]1[C@H](C)[S@@](=O)CCN1Cc1nc(N)nc(N(C)C)n1. The third-order valence-electron chi connectivity index (χ3n) is 3.68. The summed E-state index contributed by atoms with van der Waals surface area (Å²) in [6.07, 6.45) is 0. The zero-order valence-electron chi connectivity index (χ0n) is 12.4. The van der Waals surface area contributed by atoms with Crippen molar-refractivity contribution in [3.63, 3.8) is 0 Å². The number of hydrogen-bond acceptors (Lipinski definition) is 7. The number of nitrogens with zero attached hydrogens (tertiary/aromatic N) is 5. The summed E-state index contributed by atoms with van der Waals surface area (Å²) in [4.78, 5) is 16.8. The zero-order chi connectivity index (χ0) is 14.9. The second-order valence-corrected chi connectivity index (χ2v) is 7.22. The van der Waals surface area contributed by atoms with E-state index in [9.17, 15) is 4.21 Å². The van der Waals surface area contributed by atoms with Crippen molar-refractivity contribution in [1.29, 1.82) is 0 Å². The van der Waals surface area contributed by atoms with Crippen LogP contribution >= 0.6 is 0 Å². The number of hydrogen-bond donors (Lipinski definition) is 1. The van der Waals surface area contributed by atoms with Crippen LogP contribution in [-0.4, -0.2) is 61.7 Å². The first-order valence-corrected chi connectivity index (χ1v) is 8.05. The van der Waals surface area contributed by atoms with Gasteiger partial charge in [-0.3, -0.25) is 9.11 Å². The van der Waals surface area contributed by atoms with E-state index >= 15 is 0 Å². The minimum atomic E-state index is -0.738. The van der Waals surface area contributed by atoms with Crippen LogP contribution in [0.25, 0.3) is 0 Å². The van der Waals surface area contributed by atoms with Crippen LogP contribution in [0.3, 0.4) is 0 Å². The molecule has 0 saturated carbocycles. The number of anilines is 2. The van der Waals surface area contributed by atoms with Gasteiger partial charge in [0.25, 0.3) is 0 Å². The predicted octanol–water partition coefficient (Wildman–Crippen LogP) is -0.139. The minimum Gasteiger partial charge on any atom is -0.368 e. The third-order valence-corrected chi connectivity index (χ3v) is 5.49. The zero-order valence-corrected chi connectivity index (χ0v) is 13.2. The van der Waals surface area contributed by atoms with Crippen molar-refractivity contribution in [3.8, 4) is 0 Å². The van der Waals surface area contributed by atoms with Crippen molar-refractivity contribution in [3.05, 3.63) is 5.82 Å². The summed E-state index contributed by atoms with van der Waals surface area (Å²) in [6, 6.07) is 0.241. The van der Waals surface area contributed by atoms with Crippen LogP contribution in [0.15, 0.2) is 0 Å². The predicted molar refractivity (Wildman–Crippen MR) is 80.9 cm³/mol. The molecule has 0 radical (unpaired) electrons. The minimum absolute atomic E-state index is 0.163. The maximum Gasteiger partial charge on any atom is 0.229 e. The molecule has 0 amide bonds. The Morgan fingerprint density at radius 1 is 1.35 bits per heavy atom. The molecule has 20 heavy (non-hydrogen) atoms. The highest BCUT2D eigenvalue weighted by Crippen LogP contribution is 2.18. The molecule has 1 fully saturated rings. The molecule has 2 rings (SSSR count). The highest BCUT2D eigenvalue weighted by molar-refractivity contribution is 7.85. The van der Waals surface area contributed by atoms with Crippen LogP contribution in [0.1, 0.15) is 19.7 Å². The van der Waals surface area contributed by atoms with E-state index in [1.165, 1.54) is 0 Å². The van der Waals surface area contributed by atoms with Crippen LogP contribution in [0.2, 0.25) is 0 Å². The molecule has 2 N–H and O–H groups in total. The monoisotopic (exact) mass is 298 g/mol. The molecule has 1 aliphatic rings. The standard InChI is InChI=1S/C12H22N6OS/c1-8-9(2)20(19)6-5-18(8)7-10-14-11(13)16-12(15-10)17(3)4/h8-9H,5-7H2,1-4H3,(H2,13,14,15,16)/t8-,9+,20+/m1/s1. The molecule has 0 aliphatic carbocycles. The van der Waals surface area contributed by atoms with Gasteiger partial charge in [0, 0.05) is 48.5 Å². The van der Waals surface area contributed by atoms with Gasteiger partial charge in [-0.05, 0) is 13.8 Å². The Morgan fingerprint density at radius 3 is 2.70 bits per heavy atom. The topological polar surface area (TPSA) is 88.2 Å². The van der Waals surface area contributed by atoms with Gasteiger partial charge in [0.2, 0.25) is 11.9 Å². The maximum atomic E-state index is 11.8. The van der Waals surface area contributed by atoms with Gasteiger partial charge in [0.15, 0.2) is 0 Å². The van der Waals surface area contributed by atoms with E-state index in [1.54, 1.807) is 4.90 Å². The Labute approximate surface area is 122 Å². The first-order chi connectivity index (χ1) is 9.38. The molecule has 0 spiro atoms. The molecule has 112 valence electrons. The van der Waals surface area contributed by atoms with Gasteiger partial charge in [-0.2, -0.15) is 15.0 Å². The number of rotatable bonds is 3. The second-order valence-electron chi connectivity index (χ2n) is 5.31. The van der Waals surface area contributed by atoms with Gasteiger partial charge in [-0.1, -0.05) is 0 Å². The molecule has 1 aromatic heterocycles. The Bertz CT molecular complexity index is 509. The van der Waals surface area contributed by atoms with E-state index in [2.05, 4.69) is 26.8 Å². The first kappa shape index (κ1) is 15.1. The molecule has 0 aromatic carbocycles. The summed E-state index contributed by atoms with van der Waals surface area (Å²) in [5, 5.41) is 0.163. The fourth-order valence-corrected chi connectivity index (χ4v) is 3.61. The summed E-state index contributed by atoms with van der Waals surface area (Å²) < 4.78 is 11.8. The summed E-state index contributed by atoms with van der Waals surface area (Å²) in [6.45, 7) is 5.52. The number of aromatic nitrogens is 3. The largest absolute Gasteiger partial charge is 0.368 e. The lowest BCUT2D eigenvalue weighted by Gasteiger charge is -2.36. The molecule has 1 aromatic rings. The lowest BCUT2D eigenvalue weighted by molar-refractivity contribution is 0.196. The van der Waals surface area contributed by atoms with E-state index in [-0.39, 0.29) is 17.2 Å². The van der Waals surface area contributed by atoms with Gasteiger partial charge in [-0.15, -0.1) is 0 Å². The maximum absolute atomic E-state index is 11.8. The molecular formula is C12H22N6OS. The van der Waals surface area contributed by atoms with Crippen molar-refractivity contribution in [2.75, 3.05) is 37.0 Å². The summed E-state index contributed by atoms with van der Waals surface area (Å²) in [5.74, 6) is 2.16. The lowest BCUT2D eigenvalue weighted by atomic mass is 10.2. The quantitative estimate of drug-likeness (QED) is 0.831.